The standard InChI is InChI=1S/C22H26N2O2S/c1-4-5-6-20(25)23-18-9-7-17(8-10-18)22-24(21(26)14-27-22)19-12-15(2)11-16(3)13-19/h7-13,22H,4-6,14H2,1-3H3,(H,23,25)/t22-/m1/s1. The summed E-state index contributed by atoms with van der Waals surface area (Å²) in [5.74, 6) is 0.659. The number of rotatable bonds is 6. The Morgan fingerprint density at radius 3 is 2.44 bits per heavy atom. The molecule has 1 saturated heterocycles. The molecule has 0 radical (unpaired) electrons. The number of benzene rings is 2. The van der Waals surface area contributed by atoms with Crippen LogP contribution in [-0.2, 0) is 9.59 Å². The third kappa shape index (κ3) is 4.72. The van der Waals surface area contributed by atoms with Crippen LogP contribution < -0.4 is 10.2 Å². The minimum Gasteiger partial charge on any atom is -0.326 e. The topological polar surface area (TPSA) is 49.4 Å². The Hall–Kier alpha value is -2.27. The van der Waals surface area contributed by atoms with Gasteiger partial charge in [-0.3, -0.25) is 14.5 Å². The van der Waals surface area contributed by atoms with E-state index in [4.69, 9.17) is 0 Å². The number of nitrogens with one attached hydrogen (secondary N) is 1. The van der Waals surface area contributed by atoms with Crippen molar-refractivity contribution in [1.82, 2.24) is 0 Å². The van der Waals surface area contributed by atoms with Crippen LogP contribution in [0.25, 0.3) is 0 Å². The molecule has 2 aromatic carbocycles. The van der Waals surface area contributed by atoms with Crippen molar-refractivity contribution < 1.29 is 9.59 Å². The molecule has 4 nitrogen and oxygen atoms in total. The van der Waals surface area contributed by atoms with E-state index in [9.17, 15) is 9.59 Å². The Balaban J connectivity index is 1.78. The van der Waals surface area contributed by atoms with Gasteiger partial charge in [0.25, 0.3) is 0 Å². The number of carbonyl (C=O) groups is 2. The van der Waals surface area contributed by atoms with Gasteiger partial charge in [0.2, 0.25) is 11.8 Å². The van der Waals surface area contributed by atoms with E-state index < -0.39 is 0 Å². The quantitative estimate of drug-likeness (QED) is 0.746. The van der Waals surface area contributed by atoms with Gasteiger partial charge >= 0.3 is 0 Å². The van der Waals surface area contributed by atoms with Gasteiger partial charge in [0.1, 0.15) is 5.37 Å². The average molecular weight is 383 g/mol. The van der Waals surface area contributed by atoms with Gasteiger partial charge in [-0.05, 0) is 61.2 Å². The summed E-state index contributed by atoms with van der Waals surface area (Å²) in [5, 5.41) is 2.90. The highest BCUT2D eigenvalue weighted by molar-refractivity contribution is 8.00. The molecule has 5 heteroatoms. The molecule has 1 heterocycles. The maximum Gasteiger partial charge on any atom is 0.238 e. The summed E-state index contributed by atoms with van der Waals surface area (Å²) in [5.41, 5.74) is 5.12. The Morgan fingerprint density at radius 2 is 1.81 bits per heavy atom. The van der Waals surface area contributed by atoms with E-state index >= 15 is 0 Å². The molecule has 2 amide bonds. The van der Waals surface area contributed by atoms with Gasteiger partial charge < -0.3 is 5.32 Å². The molecule has 1 fully saturated rings. The number of unbranched alkanes of at least 4 members (excludes halogenated alkanes) is 1. The first kappa shape index (κ1) is 19.5. The zero-order chi connectivity index (χ0) is 19.4. The van der Waals surface area contributed by atoms with Crippen LogP contribution in [0.4, 0.5) is 11.4 Å². The highest BCUT2D eigenvalue weighted by Gasteiger charge is 2.34. The molecule has 0 saturated carbocycles. The smallest absolute Gasteiger partial charge is 0.238 e. The van der Waals surface area contributed by atoms with Crippen LogP contribution >= 0.6 is 11.8 Å². The van der Waals surface area contributed by atoms with Gasteiger partial charge in [-0.15, -0.1) is 11.8 Å². The first-order valence-electron chi connectivity index (χ1n) is 9.39. The van der Waals surface area contributed by atoms with Crippen molar-refractivity contribution in [2.24, 2.45) is 0 Å². The molecule has 0 aliphatic carbocycles. The lowest BCUT2D eigenvalue weighted by Crippen LogP contribution is -2.28. The maximum atomic E-state index is 12.5. The highest BCUT2D eigenvalue weighted by Crippen LogP contribution is 2.42. The molecule has 0 bridgehead atoms. The number of amides is 2. The second-order valence-electron chi connectivity index (χ2n) is 7.05. The normalized spacial score (nSPS) is 16.6. The van der Waals surface area contributed by atoms with Crippen molar-refractivity contribution >= 4 is 35.0 Å². The van der Waals surface area contributed by atoms with Gasteiger partial charge in [-0.25, -0.2) is 0 Å². The fraction of sp³-hybridized carbons (Fsp3) is 0.364. The molecule has 142 valence electrons. The Morgan fingerprint density at radius 1 is 1.15 bits per heavy atom. The largest absolute Gasteiger partial charge is 0.326 e. The Bertz CT molecular complexity index is 812. The van der Waals surface area contributed by atoms with Crippen LogP contribution in [0.3, 0.4) is 0 Å². The van der Waals surface area contributed by atoms with Crippen LogP contribution in [-0.4, -0.2) is 17.6 Å². The second kappa shape index (κ2) is 8.61. The van der Waals surface area contributed by atoms with E-state index in [1.807, 2.05) is 29.2 Å². The van der Waals surface area contributed by atoms with Crippen LogP contribution in [0.5, 0.6) is 0 Å². The molecule has 1 aliphatic rings. The summed E-state index contributed by atoms with van der Waals surface area (Å²) in [6.45, 7) is 6.18. The fourth-order valence-electron chi connectivity index (χ4n) is 3.33. The van der Waals surface area contributed by atoms with E-state index in [2.05, 4.69) is 44.3 Å². The zero-order valence-corrected chi connectivity index (χ0v) is 16.9. The van der Waals surface area contributed by atoms with E-state index in [0.29, 0.717) is 12.2 Å². The number of hydrogen-bond donors (Lipinski definition) is 1. The van der Waals surface area contributed by atoms with E-state index in [0.717, 1.165) is 40.9 Å². The van der Waals surface area contributed by atoms with E-state index in [-0.39, 0.29) is 17.2 Å². The summed E-state index contributed by atoms with van der Waals surface area (Å²) in [4.78, 5) is 26.3. The van der Waals surface area contributed by atoms with Crippen LogP contribution in [0.1, 0.15) is 48.3 Å². The van der Waals surface area contributed by atoms with Crippen LogP contribution in [0.2, 0.25) is 0 Å². The average Bonchev–Trinajstić information content (AvgIpc) is 3.01. The second-order valence-corrected chi connectivity index (χ2v) is 8.12. The molecular formula is C22H26N2O2S. The lowest BCUT2D eigenvalue weighted by molar-refractivity contribution is -0.116. The summed E-state index contributed by atoms with van der Waals surface area (Å²) in [6, 6.07) is 14.1. The summed E-state index contributed by atoms with van der Waals surface area (Å²) in [6.07, 6.45) is 2.45. The molecule has 0 spiro atoms. The predicted molar refractivity (Wildman–Crippen MR) is 113 cm³/mol. The molecular weight excluding hydrogens is 356 g/mol. The number of anilines is 2. The first-order chi connectivity index (χ1) is 13.0. The minimum atomic E-state index is -0.0384. The Labute approximate surface area is 165 Å². The molecule has 1 atom stereocenters. The molecule has 2 aromatic rings. The number of carbonyl (C=O) groups excluding carboxylic acids is 2. The summed E-state index contributed by atoms with van der Waals surface area (Å²) < 4.78 is 0. The number of nitrogens with zero attached hydrogens (tertiary/aromatic N) is 1. The van der Waals surface area contributed by atoms with E-state index in [1.165, 1.54) is 0 Å². The van der Waals surface area contributed by atoms with Crippen molar-refractivity contribution in [3.8, 4) is 0 Å². The third-order valence-electron chi connectivity index (χ3n) is 4.59. The van der Waals surface area contributed by atoms with Gasteiger partial charge in [0.15, 0.2) is 0 Å². The Kier molecular flexibility index (Phi) is 6.22. The van der Waals surface area contributed by atoms with Crippen molar-refractivity contribution in [3.05, 3.63) is 59.2 Å². The lowest BCUT2D eigenvalue weighted by Gasteiger charge is -2.25. The monoisotopic (exact) mass is 382 g/mol. The third-order valence-corrected chi connectivity index (χ3v) is 5.80. The summed E-state index contributed by atoms with van der Waals surface area (Å²) in [7, 11) is 0. The molecule has 1 N–H and O–H groups in total. The predicted octanol–water partition coefficient (Wildman–Crippen LogP) is 5.21. The number of aryl methyl sites for hydroxylation is 2. The zero-order valence-electron chi connectivity index (χ0n) is 16.1. The summed E-state index contributed by atoms with van der Waals surface area (Å²) >= 11 is 1.64. The van der Waals surface area contributed by atoms with Crippen LogP contribution in [0.15, 0.2) is 42.5 Å². The highest BCUT2D eigenvalue weighted by atomic mass is 32.2. The molecule has 27 heavy (non-hydrogen) atoms. The van der Waals surface area contributed by atoms with Crippen molar-refractivity contribution in [2.45, 2.75) is 45.4 Å². The van der Waals surface area contributed by atoms with Gasteiger partial charge in [0.05, 0.1) is 5.75 Å². The van der Waals surface area contributed by atoms with Crippen molar-refractivity contribution in [2.75, 3.05) is 16.0 Å². The van der Waals surface area contributed by atoms with Crippen molar-refractivity contribution in [3.63, 3.8) is 0 Å². The van der Waals surface area contributed by atoms with E-state index in [1.54, 1.807) is 11.8 Å². The van der Waals surface area contributed by atoms with Gasteiger partial charge in [-0.1, -0.05) is 31.5 Å². The number of hydrogen-bond acceptors (Lipinski definition) is 3. The lowest BCUT2D eigenvalue weighted by atomic mass is 10.1. The number of thioether (sulfide) groups is 1. The molecule has 0 aromatic heterocycles. The van der Waals surface area contributed by atoms with Gasteiger partial charge in [-0.2, -0.15) is 0 Å². The molecule has 1 aliphatic heterocycles. The minimum absolute atomic E-state index is 0.0384. The fourth-order valence-corrected chi connectivity index (χ4v) is 4.51. The molecule has 0 unspecified atom stereocenters. The van der Waals surface area contributed by atoms with Gasteiger partial charge in [0, 0.05) is 17.8 Å². The first-order valence-corrected chi connectivity index (χ1v) is 10.4. The van der Waals surface area contributed by atoms with Crippen LogP contribution in [0, 0.1) is 13.8 Å². The SMILES string of the molecule is CCCCC(=O)Nc1ccc([C@H]2SCC(=O)N2c2cc(C)cc(C)c2)cc1. The molecule has 3 rings (SSSR count). The van der Waals surface area contributed by atoms with Crippen molar-refractivity contribution in [1.29, 1.82) is 0 Å². The maximum absolute atomic E-state index is 12.5.